The van der Waals surface area contributed by atoms with E-state index in [1.807, 2.05) is 18.2 Å². The second-order valence-corrected chi connectivity index (χ2v) is 4.12. The van der Waals surface area contributed by atoms with Crippen molar-refractivity contribution in [1.82, 2.24) is 10.1 Å². The summed E-state index contributed by atoms with van der Waals surface area (Å²) in [5, 5.41) is 12.9. The molecule has 0 radical (unpaired) electrons. The summed E-state index contributed by atoms with van der Waals surface area (Å²) in [6.07, 6.45) is 2.09. The van der Waals surface area contributed by atoms with Gasteiger partial charge in [0.2, 0.25) is 0 Å². The van der Waals surface area contributed by atoms with Gasteiger partial charge in [0.1, 0.15) is 6.61 Å². The molecule has 1 saturated carbocycles. The lowest BCUT2D eigenvalue weighted by molar-refractivity contribution is 0.222. The summed E-state index contributed by atoms with van der Waals surface area (Å²) in [5.41, 5.74) is 1.15. The molecule has 1 aliphatic rings. The predicted octanol–water partition coefficient (Wildman–Crippen LogP) is 1.64. The molecule has 4 heteroatoms. The van der Waals surface area contributed by atoms with Gasteiger partial charge in [0.25, 0.3) is 5.89 Å². The molecule has 0 aliphatic heterocycles. The van der Waals surface area contributed by atoms with Crippen molar-refractivity contribution < 1.29 is 9.63 Å². The molecule has 2 aromatic rings. The van der Waals surface area contributed by atoms with Crippen LogP contribution in [0.5, 0.6) is 0 Å². The molecule has 0 amide bonds. The number of nitrogens with zero attached hydrogens (tertiary/aromatic N) is 2. The number of hydrogen-bond acceptors (Lipinski definition) is 4. The number of hydrogen-bond donors (Lipinski definition) is 1. The van der Waals surface area contributed by atoms with Crippen molar-refractivity contribution >= 4 is 0 Å². The van der Waals surface area contributed by atoms with Crippen LogP contribution < -0.4 is 0 Å². The topological polar surface area (TPSA) is 59.2 Å². The Bertz CT molecular complexity index is 489. The summed E-state index contributed by atoms with van der Waals surface area (Å²) in [4.78, 5) is 4.21. The molecule has 4 nitrogen and oxygen atoms in total. The van der Waals surface area contributed by atoms with Gasteiger partial charge in [0, 0.05) is 0 Å². The van der Waals surface area contributed by atoms with E-state index in [0.29, 0.717) is 5.82 Å². The van der Waals surface area contributed by atoms with Crippen LogP contribution in [-0.4, -0.2) is 15.2 Å². The minimum Gasteiger partial charge on any atom is -0.387 e. The molecule has 3 rings (SSSR count). The molecule has 0 atom stereocenters. The zero-order chi connectivity index (χ0) is 11.0. The van der Waals surface area contributed by atoms with Gasteiger partial charge in [-0.2, -0.15) is 4.98 Å². The summed E-state index contributed by atoms with van der Waals surface area (Å²) >= 11 is 0. The highest BCUT2D eigenvalue weighted by molar-refractivity contribution is 5.38. The van der Waals surface area contributed by atoms with Crippen LogP contribution in [0.2, 0.25) is 0 Å². The lowest BCUT2D eigenvalue weighted by atomic mass is 9.95. The Labute approximate surface area is 92.9 Å². The standard InChI is InChI=1S/C12H12N2O2/c15-8-10-13-11(14-16-10)12(6-7-12)9-4-2-1-3-5-9/h1-5,15H,6-8H2. The third-order valence-corrected chi connectivity index (χ3v) is 3.11. The summed E-state index contributed by atoms with van der Waals surface area (Å²) in [5.74, 6) is 0.986. The quantitative estimate of drug-likeness (QED) is 0.847. The molecule has 0 bridgehead atoms. The van der Waals surface area contributed by atoms with Gasteiger partial charge in [-0.3, -0.25) is 0 Å². The van der Waals surface area contributed by atoms with E-state index in [1.54, 1.807) is 0 Å². The highest BCUT2D eigenvalue weighted by atomic mass is 16.5. The fourth-order valence-corrected chi connectivity index (χ4v) is 2.04. The Morgan fingerprint density at radius 3 is 2.56 bits per heavy atom. The van der Waals surface area contributed by atoms with Gasteiger partial charge < -0.3 is 9.63 Å². The molecular formula is C12H12N2O2. The zero-order valence-electron chi connectivity index (χ0n) is 8.76. The molecule has 0 saturated heterocycles. The first-order valence-corrected chi connectivity index (χ1v) is 5.35. The van der Waals surface area contributed by atoms with E-state index in [1.165, 1.54) is 5.56 Å². The van der Waals surface area contributed by atoms with E-state index >= 15 is 0 Å². The average molecular weight is 216 g/mol. The van der Waals surface area contributed by atoms with Crippen LogP contribution in [0.15, 0.2) is 34.9 Å². The van der Waals surface area contributed by atoms with Crippen LogP contribution in [0.25, 0.3) is 0 Å². The lowest BCUT2D eigenvalue weighted by Crippen LogP contribution is -2.10. The SMILES string of the molecule is OCc1nc(C2(c3ccccc3)CC2)no1. The summed E-state index contributed by atoms with van der Waals surface area (Å²) < 4.78 is 4.95. The van der Waals surface area contributed by atoms with Crippen LogP contribution in [0, 0.1) is 0 Å². The van der Waals surface area contributed by atoms with Gasteiger partial charge >= 0.3 is 0 Å². The van der Waals surface area contributed by atoms with Crippen LogP contribution in [-0.2, 0) is 12.0 Å². The number of benzene rings is 1. The van der Waals surface area contributed by atoms with Crippen LogP contribution >= 0.6 is 0 Å². The van der Waals surface area contributed by atoms with Gasteiger partial charge in [-0.1, -0.05) is 35.5 Å². The molecule has 82 valence electrons. The number of aliphatic hydroxyl groups excluding tert-OH is 1. The van der Waals surface area contributed by atoms with Crippen molar-refractivity contribution in [3.63, 3.8) is 0 Å². The molecular weight excluding hydrogens is 204 g/mol. The maximum atomic E-state index is 8.91. The minimum atomic E-state index is -0.197. The third kappa shape index (κ3) is 1.34. The monoisotopic (exact) mass is 216 g/mol. The molecule has 1 aliphatic carbocycles. The molecule has 1 heterocycles. The second-order valence-electron chi connectivity index (χ2n) is 4.12. The van der Waals surface area contributed by atoms with Gasteiger partial charge in [-0.15, -0.1) is 0 Å². The highest BCUT2D eigenvalue weighted by Gasteiger charge is 2.49. The average Bonchev–Trinajstić information content (AvgIpc) is 3.02. The van der Waals surface area contributed by atoms with E-state index < -0.39 is 0 Å². The molecule has 1 aromatic heterocycles. The van der Waals surface area contributed by atoms with Gasteiger partial charge in [-0.25, -0.2) is 0 Å². The smallest absolute Gasteiger partial charge is 0.252 e. The normalized spacial score (nSPS) is 17.3. The third-order valence-electron chi connectivity index (χ3n) is 3.11. The lowest BCUT2D eigenvalue weighted by Gasteiger charge is -2.09. The van der Waals surface area contributed by atoms with E-state index in [-0.39, 0.29) is 17.9 Å². The largest absolute Gasteiger partial charge is 0.387 e. The van der Waals surface area contributed by atoms with Gasteiger partial charge in [-0.05, 0) is 18.4 Å². The maximum absolute atomic E-state index is 8.91. The van der Waals surface area contributed by atoms with E-state index in [4.69, 9.17) is 9.63 Å². The van der Waals surface area contributed by atoms with E-state index in [9.17, 15) is 0 Å². The first-order chi connectivity index (χ1) is 7.85. The molecule has 1 fully saturated rings. The van der Waals surface area contributed by atoms with Crippen molar-refractivity contribution in [3.05, 3.63) is 47.6 Å². The van der Waals surface area contributed by atoms with E-state index in [2.05, 4.69) is 22.3 Å². The fourth-order valence-electron chi connectivity index (χ4n) is 2.04. The summed E-state index contributed by atoms with van der Waals surface area (Å²) in [6, 6.07) is 10.2. The van der Waals surface area contributed by atoms with Crippen molar-refractivity contribution in [2.75, 3.05) is 0 Å². The predicted molar refractivity (Wildman–Crippen MR) is 56.7 cm³/mol. The van der Waals surface area contributed by atoms with Crippen LogP contribution in [0.4, 0.5) is 0 Å². The van der Waals surface area contributed by atoms with Crippen molar-refractivity contribution in [2.24, 2.45) is 0 Å². The van der Waals surface area contributed by atoms with Crippen molar-refractivity contribution in [2.45, 2.75) is 24.9 Å². The van der Waals surface area contributed by atoms with E-state index in [0.717, 1.165) is 12.8 Å². The molecule has 0 spiro atoms. The Kier molecular flexibility index (Phi) is 2.04. The zero-order valence-corrected chi connectivity index (χ0v) is 8.76. The highest BCUT2D eigenvalue weighted by Crippen LogP contribution is 2.52. The van der Waals surface area contributed by atoms with Gasteiger partial charge in [0.15, 0.2) is 5.82 Å². The van der Waals surface area contributed by atoms with Gasteiger partial charge in [0.05, 0.1) is 5.41 Å². The Balaban J connectivity index is 2.00. The van der Waals surface area contributed by atoms with Crippen molar-refractivity contribution in [1.29, 1.82) is 0 Å². The molecule has 16 heavy (non-hydrogen) atoms. The summed E-state index contributed by atoms with van der Waals surface area (Å²) in [6.45, 7) is -0.197. The molecule has 1 aromatic carbocycles. The number of aromatic nitrogens is 2. The fraction of sp³-hybridized carbons (Fsp3) is 0.333. The second kappa shape index (κ2) is 3.42. The number of rotatable bonds is 3. The Morgan fingerprint density at radius 2 is 2.00 bits per heavy atom. The number of aliphatic hydroxyl groups is 1. The Hall–Kier alpha value is -1.68. The Morgan fingerprint density at radius 1 is 1.25 bits per heavy atom. The van der Waals surface area contributed by atoms with Crippen molar-refractivity contribution in [3.8, 4) is 0 Å². The molecule has 1 N–H and O–H groups in total. The maximum Gasteiger partial charge on any atom is 0.252 e. The minimum absolute atomic E-state index is 0.0713. The first kappa shape index (κ1) is 9.54. The summed E-state index contributed by atoms with van der Waals surface area (Å²) in [7, 11) is 0. The van der Waals surface area contributed by atoms with Crippen LogP contribution in [0.3, 0.4) is 0 Å². The first-order valence-electron chi connectivity index (χ1n) is 5.35. The van der Waals surface area contributed by atoms with Crippen LogP contribution in [0.1, 0.15) is 30.1 Å². The molecule has 0 unspecified atom stereocenters.